The zero-order valence-corrected chi connectivity index (χ0v) is 14.0. The lowest BCUT2D eigenvalue weighted by atomic mass is 10.1. The summed E-state index contributed by atoms with van der Waals surface area (Å²) in [6.45, 7) is 3.90. The number of aromatic amines is 1. The van der Waals surface area contributed by atoms with Crippen molar-refractivity contribution in [3.63, 3.8) is 0 Å². The number of aromatic nitrogens is 3. The van der Waals surface area contributed by atoms with Crippen molar-refractivity contribution >= 4 is 5.82 Å². The molecule has 1 fully saturated rings. The van der Waals surface area contributed by atoms with Gasteiger partial charge in [-0.2, -0.15) is 0 Å². The molecular weight excluding hydrogens is 308 g/mol. The van der Waals surface area contributed by atoms with E-state index in [1.54, 1.807) is 13.3 Å². The number of aryl methyl sites for hydroxylation is 1. The SMILES string of the molecule is COCc1nc(N2CCC(Oc3ccncc3C)CC2)cc(=O)[nH]1. The lowest BCUT2D eigenvalue weighted by Crippen LogP contribution is -2.39. The highest BCUT2D eigenvalue weighted by Gasteiger charge is 2.22. The standard InChI is InChI=1S/C17H22N4O3/c1-12-10-18-6-3-14(12)24-13-4-7-21(8-5-13)16-9-17(22)20-15(19-16)11-23-2/h3,6,9-10,13H,4-5,7-8,11H2,1-2H3,(H,19,20,22). The number of nitrogens with one attached hydrogen (secondary N) is 1. The van der Waals surface area contributed by atoms with E-state index >= 15 is 0 Å². The number of hydrogen-bond donors (Lipinski definition) is 1. The third-order valence-electron chi connectivity index (χ3n) is 4.09. The van der Waals surface area contributed by atoms with Gasteiger partial charge in [0.15, 0.2) is 0 Å². The molecule has 0 atom stereocenters. The third-order valence-corrected chi connectivity index (χ3v) is 4.09. The molecule has 128 valence electrons. The Hall–Kier alpha value is -2.41. The Morgan fingerprint density at radius 3 is 2.88 bits per heavy atom. The van der Waals surface area contributed by atoms with Gasteiger partial charge < -0.3 is 19.4 Å². The molecule has 1 saturated heterocycles. The van der Waals surface area contributed by atoms with Gasteiger partial charge in [0.2, 0.25) is 0 Å². The minimum atomic E-state index is -0.155. The number of rotatable bonds is 5. The van der Waals surface area contributed by atoms with Crippen LogP contribution < -0.4 is 15.2 Å². The van der Waals surface area contributed by atoms with Crippen molar-refractivity contribution in [2.45, 2.75) is 32.5 Å². The van der Waals surface area contributed by atoms with Crippen molar-refractivity contribution in [2.24, 2.45) is 0 Å². The van der Waals surface area contributed by atoms with E-state index in [0.29, 0.717) is 18.2 Å². The monoisotopic (exact) mass is 330 g/mol. The van der Waals surface area contributed by atoms with Gasteiger partial charge in [0.25, 0.3) is 5.56 Å². The van der Waals surface area contributed by atoms with Crippen LogP contribution in [0.15, 0.2) is 29.3 Å². The van der Waals surface area contributed by atoms with Crippen LogP contribution in [0, 0.1) is 6.92 Å². The van der Waals surface area contributed by atoms with Gasteiger partial charge >= 0.3 is 0 Å². The number of anilines is 1. The molecule has 0 radical (unpaired) electrons. The average molecular weight is 330 g/mol. The summed E-state index contributed by atoms with van der Waals surface area (Å²) in [5.41, 5.74) is 0.887. The summed E-state index contributed by atoms with van der Waals surface area (Å²) in [5.74, 6) is 2.13. The molecule has 0 aromatic carbocycles. The minimum Gasteiger partial charge on any atom is -0.490 e. The Kier molecular flexibility index (Phi) is 5.10. The molecule has 0 spiro atoms. The van der Waals surface area contributed by atoms with E-state index in [9.17, 15) is 4.79 Å². The van der Waals surface area contributed by atoms with E-state index in [4.69, 9.17) is 9.47 Å². The van der Waals surface area contributed by atoms with E-state index in [1.807, 2.05) is 19.2 Å². The predicted octanol–water partition coefficient (Wildman–Crippen LogP) is 1.67. The van der Waals surface area contributed by atoms with Crippen LogP contribution in [0.1, 0.15) is 24.2 Å². The van der Waals surface area contributed by atoms with Crippen molar-refractivity contribution in [3.05, 3.63) is 46.3 Å². The summed E-state index contributed by atoms with van der Waals surface area (Å²) in [6, 6.07) is 3.43. The molecule has 3 rings (SSSR count). The van der Waals surface area contributed by atoms with Gasteiger partial charge in [-0.1, -0.05) is 0 Å². The molecule has 24 heavy (non-hydrogen) atoms. The highest BCUT2D eigenvalue weighted by Crippen LogP contribution is 2.23. The summed E-state index contributed by atoms with van der Waals surface area (Å²) in [5, 5.41) is 0. The van der Waals surface area contributed by atoms with E-state index in [-0.39, 0.29) is 11.7 Å². The second-order valence-corrected chi connectivity index (χ2v) is 5.93. The topological polar surface area (TPSA) is 80.3 Å². The fourth-order valence-electron chi connectivity index (χ4n) is 2.84. The molecule has 0 bridgehead atoms. The van der Waals surface area contributed by atoms with E-state index in [1.165, 1.54) is 6.07 Å². The van der Waals surface area contributed by atoms with Gasteiger partial charge in [-0.15, -0.1) is 0 Å². The van der Waals surface area contributed by atoms with Crippen LogP contribution >= 0.6 is 0 Å². The van der Waals surface area contributed by atoms with E-state index in [2.05, 4.69) is 19.9 Å². The summed E-state index contributed by atoms with van der Waals surface area (Å²) in [6.07, 6.45) is 5.49. The molecule has 0 saturated carbocycles. The third kappa shape index (κ3) is 3.91. The number of H-pyrrole nitrogens is 1. The van der Waals surface area contributed by atoms with Gasteiger partial charge in [-0.25, -0.2) is 4.98 Å². The lowest BCUT2D eigenvalue weighted by molar-refractivity contribution is 0.169. The number of hydrogen-bond acceptors (Lipinski definition) is 6. The second kappa shape index (κ2) is 7.44. The first-order valence-electron chi connectivity index (χ1n) is 8.07. The highest BCUT2D eigenvalue weighted by molar-refractivity contribution is 5.38. The first-order chi connectivity index (χ1) is 11.7. The van der Waals surface area contributed by atoms with E-state index < -0.39 is 0 Å². The lowest BCUT2D eigenvalue weighted by Gasteiger charge is -2.33. The number of nitrogens with zero attached hydrogens (tertiary/aromatic N) is 3. The van der Waals surface area contributed by atoms with Crippen LogP contribution in [0.5, 0.6) is 5.75 Å². The van der Waals surface area contributed by atoms with Gasteiger partial charge in [-0.3, -0.25) is 9.78 Å². The largest absolute Gasteiger partial charge is 0.490 e. The normalized spacial score (nSPS) is 15.5. The Bertz CT molecular complexity index is 739. The van der Waals surface area contributed by atoms with Crippen LogP contribution in [-0.2, 0) is 11.3 Å². The quantitative estimate of drug-likeness (QED) is 0.898. The van der Waals surface area contributed by atoms with Crippen LogP contribution in [0.25, 0.3) is 0 Å². The molecule has 2 aromatic heterocycles. The van der Waals surface area contributed by atoms with Gasteiger partial charge in [-0.05, 0) is 13.0 Å². The molecule has 0 unspecified atom stereocenters. The van der Waals surface area contributed by atoms with Crippen molar-refractivity contribution < 1.29 is 9.47 Å². The van der Waals surface area contributed by atoms with Crippen molar-refractivity contribution in [1.29, 1.82) is 0 Å². The van der Waals surface area contributed by atoms with Crippen LogP contribution in [-0.4, -0.2) is 41.3 Å². The van der Waals surface area contributed by atoms with Crippen LogP contribution in [0.3, 0.4) is 0 Å². The average Bonchev–Trinajstić information content (AvgIpc) is 2.57. The maximum atomic E-state index is 11.8. The van der Waals surface area contributed by atoms with Gasteiger partial charge in [0.1, 0.15) is 30.1 Å². The number of ether oxygens (including phenoxy) is 2. The smallest absolute Gasteiger partial charge is 0.253 e. The zero-order valence-electron chi connectivity index (χ0n) is 14.0. The van der Waals surface area contributed by atoms with Crippen molar-refractivity contribution in [1.82, 2.24) is 15.0 Å². The fraction of sp³-hybridized carbons (Fsp3) is 0.471. The Balaban J connectivity index is 1.63. The summed E-state index contributed by atoms with van der Waals surface area (Å²) in [7, 11) is 1.58. The first kappa shape index (κ1) is 16.4. The number of piperidine rings is 1. The summed E-state index contributed by atoms with van der Waals surface area (Å²) >= 11 is 0. The maximum absolute atomic E-state index is 11.8. The van der Waals surface area contributed by atoms with Crippen LogP contribution in [0.4, 0.5) is 5.82 Å². The summed E-state index contributed by atoms with van der Waals surface area (Å²) in [4.78, 5) is 25.1. The van der Waals surface area contributed by atoms with Crippen molar-refractivity contribution in [3.8, 4) is 5.75 Å². The van der Waals surface area contributed by atoms with Crippen LogP contribution in [0.2, 0.25) is 0 Å². The Morgan fingerprint density at radius 2 is 2.17 bits per heavy atom. The fourth-order valence-corrected chi connectivity index (χ4v) is 2.84. The number of pyridine rings is 1. The minimum absolute atomic E-state index is 0.155. The molecule has 7 heteroatoms. The molecular formula is C17H22N4O3. The molecule has 1 N–H and O–H groups in total. The highest BCUT2D eigenvalue weighted by atomic mass is 16.5. The maximum Gasteiger partial charge on any atom is 0.253 e. The molecule has 1 aliphatic rings. The first-order valence-corrected chi connectivity index (χ1v) is 8.07. The Morgan fingerprint density at radius 1 is 1.38 bits per heavy atom. The molecule has 0 aliphatic carbocycles. The molecule has 1 aliphatic heterocycles. The Labute approximate surface area is 140 Å². The van der Waals surface area contributed by atoms with Crippen molar-refractivity contribution in [2.75, 3.05) is 25.1 Å². The van der Waals surface area contributed by atoms with Gasteiger partial charge in [0.05, 0.1) is 0 Å². The molecule has 2 aromatic rings. The predicted molar refractivity (Wildman–Crippen MR) is 90.4 cm³/mol. The zero-order chi connectivity index (χ0) is 16.9. The molecule has 0 amide bonds. The van der Waals surface area contributed by atoms with Gasteiger partial charge in [0, 0.05) is 57.1 Å². The summed E-state index contributed by atoms with van der Waals surface area (Å²) < 4.78 is 11.1. The molecule has 3 heterocycles. The molecule has 7 nitrogen and oxygen atoms in total. The second-order valence-electron chi connectivity index (χ2n) is 5.93. The number of methoxy groups -OCH3 is 1. The van der Waals surface area contributed by atoms with E-state index in [0.717, 1.165) is 37.2 Å².